The molecule has 1 rings (SSSR count). The Morgan fingerprint density at radius 1 is 1.53 bits per heavy atom. The molecule has 0 radical (unpaired) electrons. The van der Waals surface area contributed by atoms with Gasteiger partial charge in [0.05, 0.1) is 5.69 Å². The molecule has 1 unspecified atom stereocenters. The molecule has 1 aromatic heterocycles. The van der Waals surface area contributed by atoms with Crippen LogP contribution < -0.4 is 5.32 Å². The number of rotatable bonds is 7. The second-order valence-electron chi connectivity index (χ2n) is 3.81. The summed E-state index contributed by atoms with van der Waals surface area (Å²) in [6.07, 6.45) is 3.55. The Bertz CT molecular complexity index is 269. The molecule has 1 atom stereocenters. The average molecular weight is 247 g/mol. The molecule has 0 saturated carbocycles. The van der Waals surface area contributed by atoms with E-state index in [0.29, 0.717) is 5.92 Å². The van der Waals surface area contributed by atoms with Gasteiger partial charge in [0.1, 0.15) is 0 Å². The van der Waals surface area contributed by atoms with Crippen molar-refractivity contribution < 1.29 is 0 Å². The number of nitrogens with one attached hydrogen (secondary N) is 1. The Morgan fingerprint density at radius 2 is 2.33 bits per heavy atom. The van der Waals surface area contributed by atoms with Crippen LogP contribution in [0.5, 0.6) is 0 Å². The van der Waals surface area contributed by atoms with Crippen molar-refractivity contribution in [2.24, 2.45) is 5.92 Å². The summed E-state index contributed by atoms with van der Waals surface area (Å²) < 4.78 is 0. The zero-order valence-electron chi connectivity index (χ0n) is 9.42. The lowest BCUT2D eigenvalue weighted by Crippen LogP contribution is -2.14. The third-order valence-electron chi connectivity index (χ3n) is 2.38. The Morgan fingerprint density at radius 3 is 2.87 bits per heavy atom. The predicted octanol–water partition coefficient (Wildman–Crippen LogP) is 3.91. The SMILES string of the molecule is CCCC(CCCl)CNc1nc(C)cs1. The third-order valence-corrected chi connectivity index (χ3v) is 3.51. The summed E-state index contributed by atoms with van der Waals surface area (Å²) in [6.45, 7) is 5.23. The first kappa shape index (κ1) is 12.8. The number of alkyl halides is 1. The lowest BCUT2D eigenvalue weighted by molar-refractivity contribution is 0.490. The van der Waals surface area contributed by atoms with Gasteiger partial charge in [-0.3, -0.25) is 0 Å². The van der Waals surface area contributed by atoms with Gasteiger partial charge in [0.15, 0.2) is 5.13 Å². The van der Waals surface area contributed by atoms with E-state index < -0.39 is 0 Å². The maximum atomic E-state index is 5.78. The van der Waals surface area contributed by atoms with E-state index in [9.17, 15) is 0 Å². The first-order valence-electron chi connectivity index (χ1n) is 5.48. The van der Waals surface area contributed by atoms with Gasteiger partial charge in [0, 0.05) is 17.8 Å². The molecular weight excluding hydrogens is 228 g/mol. The van der Waals surface area contributed by atoms with Gasteiger partial charge in [-0.05, 0) is 25.7 Å². The van der Waals surface area contributed by atoms with Crippen molar-refractivity contribution >= 4 is 28.1 Å². The number of halogens is 1. The number of nitrogens with zero attached hydrogens (tertiary/aromatic N) is 1. The topological polar surface area (TPSA) is 24.9 Å². The first-order chi connectivity index (χ1) is 7.26. The van der Waals surface area contributed by atoms with Gasteiger partial charge in [0.2, 0.25) is 0 Å². The van der Waals surface area contributed by atoms with Crippen LogP contribution in [0.1, 0.15) is 31.9 Å². The molecule has 2 nitrogen and oxygen atoms in total. The molecule has 0 aliphatic heterocycles. The normalized spacial score (nSPS) is 12.7. The van der Waals surface area contributed by atoms with Crippen molar-refractivity contribution in [3.63, 3.8) is 0 Å². The maximum Gasteiger partial charge on any atom is 0.182 e. The highest BCUT2D eigenvalue weighted by molar-refractivity contribution is 7.13. The van der Waals surface area contributed by atoms with Gasteiger partial charge in [-0.2, -0.15) is 0 Å². The van der Waals surface area contributed by atoms with E-state index in [-0.39, 0.29) is 0 Å². The molecule has 0 aromatic carbocycles. The van der Waals surface area contributed by atoms with Gasteiger partial charge in [-0.1, -0.05) is 13.3 Å². The van der Waals surface area contributed by atoms with Crippen LogP contribution in [-0.4, -0.2) is 17.4 Å². The Labute approximate surface area is 101 Å². The maximum absolute atomic E-state index is 5.78. The van der Waals surface area contributed by atoms with E-state index >= 15 is 0 Å². The van der Waals surface area contributed by atoms with E-state index in [1.165, 1.54) is 12.8 Å². The Hall–Kier alpha value is -0.280. The minimum atomic E-state index is 0.678. The van der Waals surface area contributed by atoms with E-state index in [4.69, 9.17) is 11.6 Å². The van der Waals surface area contributed by atoms with Crippen LogP contribution in [0, 0.1) is 12.8 Å². The monoisotopic (exact) mass is 246 g/mol. The molecule has 86 valence electrons. The lowest BCUT2D eigenvalue weighted by atomic mass is 10.0. The van der Waals surface area contributed by atoms with Crippen LogP contribution in [0.4, 0.5) is 5.13 Å². The number of hydrogen-bond acceptors (Lipinski definition) is 3. The van der Waals surface area contributed by atoms with Crippen LogP contribution in [0.3, 0.4) is 0 Å². The Kier molecular flexibility index (Phi) is 6.03. The fraction of sp³-hybridized carbons (Fsp3) is 0.727. The van der Waals surface area contributed by atoms with E-state index in [2.05, 4.69) is 22.6 Å². The van der Waals surface area contributed by atoms with Crippen LogP contribution >= 0.6 is 22.9 Å². The lowest BCUT2D eigenvalue weighted by Gasteiger charge is -2.14. The van der Waals surface area contributed by atoms with Gasteiger partial charge in [-0.25, -0.2) is 4.98 Å². The molecule has 0 aliphatic carbocycles. The van der Waals surface area contributed by atoms with E-state index in [1.54, 1.807) is 11.3 Å². The summed E-state index contributed by atoms with van der Waals surface area (Å²) in [7, 11) is 0. The standard InChI is InChI=1S/C11H19ClN2S/c1-3-4-10(5-6-12)7-13-11-14-9(2)8-15-11/h8,10H,3-7H2,1-2H3,(H,13,14). The molecule has 15 heavy (non-hydrogen) atoms. The summed E-state index contributed by atoms with van der Waals surface area (Å²) in [5.41, 5.74) is 1.09. The molecule has 1 N–H and O–H groups in total. The van der Waals surface area contributed by atoms with Crippen molar-refractivity contribution in [2.75, 3.05) is 17.7 Å². The van der Waals surface area contributed by atoms with Gasteiger partial charge < -0.3 is 5.32 Å². The molecule has 0 spiro atoms. The minimum Gasteiger partial charge on any atom is -0.361 e. The quantitative estimate of drug-likeness (QED) is 0.738. The zero-order chi connectivity index (χ0) is 11.1. The number of aromatic nitrogens is 1. The average Bonchev–Trinajstić information content (AvgIpc) is 2.61. The van der Waals surface area contributed by atoms with Gasteiger partial charge in [0.25, 0.3) is 0 Å². The highest BCUT2D eigenvalue weighted by Crippen LogP contribution is 2.17. The zero-order valence-corrected chi connectivity index (χ0v) is 11.0. The van der Waals surface area contributed by atoms with Gasteiger partial charge >= 0.3 is 0 Å². The summed E-state index contributed by atoms with van der Waals surface area (Å²) in [5.74, 6) is 1.43. The smallest absolute Gasteiger partial charge is 0.182 e. The molecular formula is C11H19ClN2S. The van der Waals surface area contributed by atoms with Crippen molar-refractivity contribution in [1.82, 2.24) is 4.98 Å². The summed E-state index contributed by atoms with van der Waals surface area (Å²) >= 11 is 7.45. The van der Waals surface area contributed by atoms with Crippen LogP contribution in [0.15, 0.2) is 5.38 Å². The number of thiazole rings is 1. The predicted molar refractivity (Wildman–Crippen MR) is 69.1 cm³/mol. The minimum absolute atomic E-state index is 0.678. The van der Waals surface area contributed by atoms with Crippen LogP contribution in [0.25, 0.3) is 0 Å². The summed E-state index contributed by atoms with van der Waals surface area (Å²) in [5, 5.41) is 6.48. The number of hydrogen-bond donors (Lipinski definition) is 1. The second-order valence-corrected chi connectivity index (χ2v) is 5.04. The molecule has 0 aliphatic rings. The fourth-order valence-corrected chi connectivity index (χ4v) is 2.58. The van der Waals surface area contributed by atoms with Gasteiger partial charge in [-0.15, -0.1) is 22.9 Å². The molecule has 0 amide bonds. The second kappa shape index (κ2) is 7.07. The largest absolute Gasteiger partial charge is 0.361 e. The first-order valence-corrected chi connectivity index (χ1v) is 6.89. The third kappa shape index (κ3) is 4.85. The fourth-order valence-electron chi connectivity index (χ4n) is 1.58. The molecule has 0 bridgehead atoms. The van der Waals surface area contributed by atoms with Crippen LogP contribution in [-0.2, 0) is 0 Å². The molecule has 1 heterocycles. The highest BCUT2D eigenvalue weighted by atomic mass is 35.5. The summed E-state index contributed by atoms with van der Waals surface area (Å²) in [6, 6.07) is 0. The van der Waals surface area contributed by atoms with E-state index in [1.807, 2.05) is 6.92 Å². The van der Waals surface area contributed by atoms with Crippen LogP contribution in [0.2, 0.25) is 0 Å². The Balaban J connectivity index is 2.32. The molecule has 1 aromatic rings. The molecule has 0 fully saturated rings. The number of aryl methyl sites for hydroxylation is 1. The van der Waals surface area contributed by atoms with Crippen molar-refractivity contribution in [1.29, 1.82) is 0 Å². The van der Waals surface area contributed by atoms with E-state index in [0.717, 1.165) is 29.7 Å². The molecule has 4 heteroatoms. The number of anilines is 1. The highest BCUT2D eigenvalue weighted by Gasteiger charge is 2.07. The molecule has 0 saturated heterocycles. The summed E-state index contributed by atoms with van der Waals surface area (Å²) in [4.78, 5) is 4.38. The van der Waals surface area contributed by atoms with Crippen molar-refractivity contribution in [3.05, 3.63) is 11.1 Å². The van der Waals surface area contributed by atoms with Crippen molar-refractivity contribution in [2.45, 2.75) is 33.1 Å². The van der Waals surface area contributed by atoms with Crippen molar-refractivity contribution in [3.8, 4) is 0 Å².